The number of nitrogens with two attached hydrogens (primary N) is 1. The van der Waals surface area contributed by atoms with E-state index in [9.17, 15) is 4.79 Å². The summed E-state index contributed by atoms with van der Waals surface area (Å²) < 4.78 is 18.1. The number of nitrogen functional groups attached to an aromatic ring is 1. The number of hydrogen-bond acceptors (Lipinski definition) is 8. The number of terminal acetylenes is 1. The summed E-state index contributed by atoms with van der Waals surface area (Å²) >= 11 is 5.92. The number of carbonyl (C=O) groups is 1. The molecule has 1 saturated heterocycles. The van der Waals surface area contributed by atoms with Gasteiger partial charge >= 0.3 is 6.16 Å². The molecule has 1 fully saturated rings. The van der Waals surface area contributed by atoms with E-state index in [2.05, 4.69) is 22.8 Å². The van der Waals surface area contributed by atoms with Crippen molar-refractivity contribution in [2.24, 2.45) is 0 Å². The van der Waals surface area contributed by atoms with Gasteiger partial charge in [-0.3, -0.25) is 0 Å². The van der Waals surface area contributed by atoms with Crippen LogP contribution >= 0.6 is 11.6 Å². The molecule has 3 aromatic rings. The van der Waals surface area contributed by atoms with Crippen molar-refractivity contribution in [3.8, 4) is 12.8 Å². The van der Waals surface area contributed by atoms with Crippen molar-refractivity contribution in [3.63, 3.8) is 0 Å². The van der Waals surface area contributed by atoms with Crippen LogP contribution in [0.4, 0.5) is 10.6 Å². The average molecular weight is 461 g/mol. The van der Waals surface area contributed by atoms with Gasteiger partial charge in [-0.05, 0) is 36.1 Å². The molecule has 170 valence electrons. The Morgan fingerprint density at radius 3 is 2.66 bits per heavy atom. The highest BCUT2D eigenvalue weighted by molar-refractivity contribution is 6.28. The number of anilines is 1. The van der Waals surface area contributed by atoms with Crippen molar-refractivity contribution in [1.29, 1.82) is 0 Å². The summed E-state index contributed by atoms with van der Waals surface area (Å²) in [6.07, 6.45) is 10.2. The molecule has 2 aromatic heterocycles. The van der Waals surface area contributed by atoms with E-state index in [0.717, 1.165) is 30.9 Å². The average Bonchev–Trinajstić information content (AvgIpc) is 3.47. The molecule has 1 aliphatic rings. The fraction of sp³-hybridized carbons (Fsp3) is 0.318. The van der Waals surface area contributed by atoms with E-state index >= 15 is 0 Å². The summed E-state index contributed by atoms with van der Waals surface area (Å²) in [6.45, 7) is 0.298. The predicted molar refractivity (Wildman–Crippen MR) is 121 cm³/mol. The number of carbonyl (C=O) groups excluding carboxylic acids is 1. The summed E-state index contributed by atoms with van der Waals surface area (Å²) in [4.78, 5) is 20.0. The number of fused-ring (bicyclic) bond motifs is 1. The van der Waals surface area contributed by atoms with Crippen LogP contribution in [-0.2, 0) is 20.8 Å². The van der Waals surface area contributed by atoms with Crippen LogP contribution in [0.3, 0.4) is 0 Å². The maximum atomic E-state index is 11.8. The Labute approximate surface area is 191 Å². The van der Waals surface area contributed by atoms with Gasteiger partial charge in [0.05, 0.1) is 11.5 Å². The van der Waals surface area contributed by atoms with Crippen molar-refractivity contribution >= 4 is 34.6 Å². The second-order valence-electron chi connectivity index (χ2n) is 6.46. The molecule has 0 amide bonds. The summed E-state index contributed by atoms with van der Waals surface area (Å²) in [5.74, 6) is 0.327. The van der Waals surface area contributed by atoms with E-state index in [4.69, 9.17) is 36.7 Å². The fourth-order valence-corrected chi connectivity index (χ4v) is 3.37. The molecule has 0 saturated carbocycles. The first-order valence-electron chi connectivity index (χ1n) is 9.66. The van der Waals surface area contributed by atoms with E-state index in [-0.39, 0.29) is 30.8 Å². The molecule has 1 aromatic carbocycles. The van der Waals surface area contributed by atoms with Gasteiger partial charge in [0, 0.05) is 13.3 Å². The third-order valence-corrected chi connectivity index (χ3v) is 4.73. The van der Waals surface area contributed by atoms with Crippen molar-refractivity contribution in [2.75, 3.05) is 19.5 Å². The van der Waals surface area contributed by atoms with Gasteiger partial charge in [0.25, 0.3) is 0 Å². The second kappa shape index (κ2) is 12.5. The van der Waals surface area contributed by atoms with Crippen LogP contribution in [-0.4, -0.2) is 45.6 Å². The summed E-state index contributed by atoms with van der Waals surface area (Å²) in [7, 11) is 1.00. The van der Waals surface area contributed by atoms with Crippen molar-refractivity contribution in [1.82, 2.24) is 14.5 Å². The first-order chi connectivity index (χ1) is 15.6. The molecular formula is C22H25ClN4O5. The molecule has 3 N–H and O–H groups in total. The maximum absolute atomic E-state index is 11.8. The molecule has 10 heteroatoms. The van der Waals surface area contributed by atoms with E-state index in [1.165, 1.54) is 0 Å². The lowest BCUT2D eigenvalue weighted by Crippen LogP contribution is -2.20. The minimum absolute atomic E-state index is 0.0870. The third-order valence-electron chi connectivity index (χ3n) is 4.56. The van der Waals surface area contributed by atoms with Crippen LogP contribution in [0.25, 0.3) is 11.0 Å². The summed E-state index contributed by atoms with van der Waals surface area (Å²) in [5, 5.41) is 7.81. The van der Waals surface area contributed by atoms with Gasteiger partial charge in [-0.1, -0.05) is 30.3 Å². The lowest BCUT2D eigenvalue weighted by molar-refractivity contribution is -0.0379. The third kappa shape index (κ3) is 6.34. The van der Waals surface area contributed by atoms with E-state index in [1.807, 2.05) is 47.2 Å². The number of hydrogen-bond donors (Lipinski definition) is 2. The highest BCUT2D eigenvalue weighted by atomic mass is 35.5. The van der Waals surface area contributed by atoms with Crippen LogP contribution in [0.15, 0.2) is 42.6 Å². The van der Waals surface area contributed by atoms with E-state index in [0.29, 0.717) is 11.5 Å². The monoisotopic (exact) mass is 460 g/mol. The van der Waals surface area contributed by atoms with Gasteiger partial charge in [0.1, 0.15) is 30.9 Å². The number of ether oxygens (including phenoxy) is 3. The standard InChI is InChI=1S/C19H19ClN4O4.C2H2.CH4O/c20-18-22-16(21)14-8-9-24(17(14)23-18)15-7-6-13(28-15)11-27-19(25)26-10-12-4-2-1-3-5-12;2*1-2/h1-5,8-9,13,15H,6-7,10-11H2,(H2,21,22,23);1-2H;2H,1H3/t13-,15?;;/m0../s1. The molecule has 0 bridgehead atoms. The predicted octanol–water partition coefficient (Wildman–Crippen LogP) is 3.56. The number of benzene rings is 1. The number of aliphatic hydroxyl groups is 1. The lowest BCUT2D eigenvalue weighted by Gasteiger charge is -2.16. The topological polar surface area (TPSA) is 122 Å². The van der Waals surface area contributed by atoms with Gasteiger partial charge in [0.2, 0.25) is 5.28 Å². The number of nitrogens with zero attached hydrogens (tertiary/aromatic N) is 3. The molecule has 32 heavy (non-hydrogen) atoms. The minimum atomic E-state index is -0.713. The zero-order valence-corrected chi connectivity index (χ0v) is 18.3. The SMILES string of the molecule is C#C.CO.Nc1nc(Cl)nc2c1ccn2C1CC[C@@H](COC(=O)OCc2ccccc2)O1. The fourth-order valence-electron chi connectivity index (χ4n) is 3.19. The summed E-state index contributed by atoms with van der Waals surface area (Å²) in [6, 6.07) is 11.2. The smallest absolute Gasteiger partial charge is 0.432 e. The van der Waals surface area contributed by atoms with Crippen LogP contribution in [0.2, 0.25) is 5.28 Å². The Bertz CT molecular complexity index is 1030. The van der Waals surface area contributed by atoms with E-state index < -0.39 is 6.16 Å². The first-order valence-corrected chi connectivity index (χ1v) is 10.0. The molecule has 1 unspecified atom stereocenters. The molecule has 0 aliphatic carbocycles. The Morgan fingerprint density at radius 1 is 1.22 bits per heavy atom. The van der Waals surface area contributed by atoms with Gasteiger partial charge in [-0.2, -0.15) is 4.98 Å². The molecule has 2 atom stereocenters. The van der Waals surface area contributed by atoms with E-state index in [1.54, 1.807) is 0 Å². The van der Waals surface area contributed by atoms with Gasteiger partial charge < -0.3 is 29.6 Å². The van der Waals surface area contributed by atoms with Crippen LogP contribution in [0.5, 0.6) is 0 Å². The van der Waals surface area contributed by atoms with Crippen molar-refractivity contribution in [3.05, 3.63) is 53.4 Å². The molecule has 0 radical (unpaired) electrons. The Hall–Kier alpha value is -3.32. The van der Waals surface area contributed by atoms with Gasteiger partial charge in [-0.25, -0.2) is 9.78 Å². The molecule has 1 aliphatic heterocycles. The van der Waals surface area contributed by atoms with Gasteiger partial charge in [-0.15, -0.1) is 12.8 Å². The minimum Gasteiger partial charge on any atom is -0.432 e. The van der Waals surface area contributed by atoms with Gasteiger partial charge in [0.15, 0.2) is 0 Å². The zero-order valence-electron chi connectivity index (χ0n) is 17.6. The molecular weight excluding hydrogens is 436 g/mol. The lowest BCUT2D eigenvalue weighted by atomic mass is 10.2. The highest BCUT2D eigenvalue weighted by Crippen LogP contribution is 2.32. The van der Waals surface area contributed by atoms with Crippen molar-refractivity contribution in [2.45, 2.75) is 31.8 Å². The molecule has 3 heterocycles. The maximum Gasteiger partial charge on any atom is 0.508 e. The van der Waals surface area contributed by atoms with Crippen LogP contribution in [0.1, 0.15) is 24.6 Å². The highest BCUT2D eigenvalue weighted by Gasteiger charge is 2.29. The largest absolute Gasteiger partial charge is 0.508 e. The number of aliphatic hydroxyl groups excluding tert-OH is 1. The molecule has 9 nitrogen and oxygen atoms in total. The normalized spacial score (nSPS) is 16.9. The molecule has 0 spiro atoms. The molecule has 4 rings (SSSR count). The Kier molecular flexibility index (Phi) is 9.76. The Morgan fingerprint density at radius 2 is 1.94 bits per heavy atom. The zero-order chi connectivity index (χ0) is 23.5. The van der Waals surface area contributed by atoms with Crippen LogP contribution in [0, 0.1) is 12.8 Å². The first kappa shape index (κ1) is 24.9. The summed E-state index contributed by atoms with van der Waals surface area (Å²) in [5.41, 5.74) is 7.40. The van der Waals surface area contributed by atoms with Crippen LogP contribution < -0.4 is 5.73 Å². The number of rotatable bonds is 5. The second-order valence-corrected chi connectivity index (χ2v) is 6.80. The quantitative estimate of drug-likeness (QED) is 0.336. The number of halogens is 1. The number of aromatic nitrogens is 3. The van der Waals surface area contributed by atoms with Crippen molar-refractivity contribution < 1.29 is 24.1 Å². The Balaban J connectivity index is 0.000000860.